The van der Waals surface area contributed by atoms with Crippen molar-refractivity contribution < 1.29 is 4.39 Å². The van der Waals surface area contributed by atoms with Gasteiger partial charge in [0, 0.05) is 11.5 Å². The maximum absolute atomic E-state index is 14.0. The maximum Gasteiger partial charge on any atom is 0.127 e. The Balaban J connectivity index is 2.31. The zero-order chi connectivity index (χ0) is 12.5. The summed E-state index contributed by atoms with van der Waals surface area (Å²) >= 11 is 0. The fourth-order valence-electron chi connectivity index (χ4n) is 2.97. The van der Waals surface area contributed by atoms with Crippen LogP contribution in [0.25, 0.3) is 0 Å². The van der Waals surface area contributed by atoms with E-state index < -0.39 is 0 Å². The lowest BCUT2D eigenvalue weighted by Crippen LogP contribution is -2.39. The predicted octanol–water partition coefficient (Wildman–Crippen LogP) is 3.49. The van der Waals surface area contributed by atoms with Crippen molar-refractivity contribution in [1.29, 1.82) is 0 Å². The Kier molecular flexibility index (Phi) is 3.53. The molecule has 2 atom stereocenters. The van der Waals surface area contributed by atoms with Crippen LogP contribution in [0.3, 0.4) is 0 Å². The summed E-state index contributed by atoms with van der Waals surface area (Å²) < 4.78 is 14.0. The average molecular weight is 235 g/mol. The van der Waals surface area contributed by atoms with E-state index in [4.69, 9.17) is 0 Å². The Bertz CT molecular complexity index is 388. The number of hydrogen-bond acceptors (Lipinski definition) is 1. The molecule has 0 radical (unpaired) electrons. The Morgan fingerprint density at radius 1 is 1.41 bits per heavy atom. The van der Waals surface area contributed by atoms with Crippen molar-refractivity contribution in [3.63, 3.8) is 0 Å². The number of rotatable bonds is 3. The standard InChI is InChI=1S/C15H22FN/c1-11(2)10-14-15(3,8-9-17-14)12-6-4-5-7-13(12)16/h4-7,11,14,17H,8-10H2,1-3H3. The summed E-state index contributed by atoms with van der Waals surface area (Å²) in [7, 11) is 0. The predicted molar refractivity (Wildman–Crippen MR) is 69.6 cm³/mol. The van der Waals surface area contributed by atoms with Gasteiger partial charge in [0.05, 0.1) is 0 Å². The summed E-state index contributed by atoms with van der Waals surface area (Å²) in [5.74, 6) is 0.573. The zero-order valence-corrected chi connectivity index (χ0v) is 11.0. The molecule has 1 saturated heterocycles. The Hall–Kier alpha value is -0.890. The van der Waals surface area contributed by atoms with Crippen molar-refractivity contribution >= 4 is 0 Å². The van der Waals surface area contributed by atoms with Gasteiger partial charge in [-0.1, -0.05) is 39.0 Å². The van der Waals surface area contributed by atoms with Gasteiger partial charge in [0.25, 0.3) is 0 Å². The molecule has 1 aliphatic rings. The normalized spacial score (nSPS) is 28.9. The highest BCUT2D eigenvalue weighted by molar-refractivity contribution is 5.30. The molecule has 1 N–H and O–H groups in total. The molecule has 0 bridgehead atoms. The van der Waals surface area contributed by atoms with Crippen molar-refractivity contribution in [3.05, 3.63) is 35.6 Å². The molecule has 17 heavy (non-hydrogen) atoms. The number of benzene rings is 1. The van der Waals surface area contributed by atoms with E-state index in [9.17, 15) is 4.39 Å². The highest BCUT2D eigenvalue weighted by Crippen LogP contribution is 2.38. The highest BCUT2D eigenvalue weighted by atomic mass is 19.1. The summed E-state index contributed by atoms with van der Waals surface area (Å²) in [6.07, 6.45) is 2.12. The van der Waals surface area contributed by atoms with Crippen LogP contribution in [0.5, 0.6) is 0 Å². The van der Waals surface area contributed by atoms with Gasteiger partial charge in [-0.05, 0) is 36.9 Å². The van der Waals surface area contributed by atoms with Crippen molar-refractivity contribution in [2.45, 2.75) is 45.1 Å². The summed E-state index contributed by atoms with van der Waals surface area (Å²) in [6, 6.07) is 7.61. The maximum atomic E-state index is 14.0. The van der Waals surface area contributed by atoms with E-state index in [2.05, 4.69) is 26.1 Å². The molecule has 94 valence electrons. The van der Waals surface area contributed by atoms with Crippen LogP contribution in [-0.2, 0) is 5.41 Å². The van der Waals surface area contributed by atoms with Crippen LogP contribution in [0, 0.1) is 11.7 Å². The zero-order valence-electron chi connectivity index (χ0n) is 11.0. The summed E-state index contributed by atoms with van der Waals surface area (Å²) in [5, 5.41) is 3.54. The molecule has 1 nitrogen and oxygen atoms in total. The number of nitrogens with one attached hydrogen (secondary N) is 1. The first-order chi connectivity index (χ1) is 8.04. The SMILES string of the molecule is CC(C)CC1NCCC1(C)c1ccccc1F. The van der Waals surface area contributed by atoms with E-state index >= 15 is 0 Å². The van der Waals surface area contributed by atoms with E-state index in [0.717, 1.165) is 24.9 Å². The van der Waals surface area contributed by atoms with Crippen LogP contribution < -0.4 is 5.32 Å². The van der Waals surface area contributed by atoms with E-state index in [1.54, 1.807) is 12.1 Å². The monoisotopic (exact) mass is 235 g/mol. The molecule has 0 spiro atoms. The smallest absolute Gasteiger partial charge is 0.127 e. The van der Waals surface area contributed by atoms with E-state index in [1.165, 1.54) is 0 Å². The fraction of sp³-hybridized carbons (Fsp3) is 0.600. The third-order valence-corrected chi connectivity index (χ3v) is 4.00. The largest absolute Gasteiger partial charge is 0.313 e. The molecule has 2 heteroatoms. The van der Waals surface area contributed by atoms with Crippen LogP contribution >= 0.6 is 0 Å². The van der Waals surface area contributed by atoms with Gasteiger partial charge < -0.3 is 5.32 Å². The van der Waals surface area contributed by atoms with Crippen molar-refractivity contribution in [2.75, 3.05) is 6.54 Å². The van der Waals surface area contributed by atoms with Crippen molar-refractivity contribution in [2.24, 2.45) is 5.92 Å². The summed E-state index contributed by atoms with van der Waals surface area (Å²) in [4.78, 5) is 0. The third kappa shape index (κ3) is 2.37. The van der Waals surface area contributed by atoms with Crippen molar-refractivity contribution in [1.82, 2.24) is 5.32 Å². The molecule has 1 aliphatic heterocycles. The van der Waals surface area contributed by atoms with Gasteiger partial charge in [0.15, 0.2) is 0 Å². The Morgan fingerprint density at radius 2 is 2.12 bits per heavy atom. The molecule has 1 aromatic rings. The number of hydrogen-bond donors (Lipinski definition) is 1. The molecule has 2 unspecified atom stereocenters. The van der Waals surface area contributed by atoms with E-state index in [-0.39, 0.29) is 11.2 Å². The van der Waals surface area contributed by atoms with Crippen molar-refractivity contribution in [3.8, 4) is 0 Å². The van der Waals surface area contributed by atoms with Gasteiger partial charge in [0.1, 0.15) is 5.82 Å². The number of halogens is 1. The van der Waals surface area contributed by atoms with Crippen LogP contribution in [0.4, 0.5) is 4.39 Å². The van der Waals surface area contributed by atoms with Crippen LogP contribution in [0.15, 0.2) is 24.3 Å². The Labute approximate surface area is 103 Å². The molecule has 0 saturated carbocycles. The molecular weight excluding hydrogens is 213 g/mol. The van der Waals surface area contributed by atoms with Gasteiger partial charge in [-0.25, -0.2) is 4.39 Å². The van der Waals surface area contributed by atoms with E-state index in [0.29, 0.717) is 12.0 Å². The minimum atomic E-state index is -0.0625. The molecular formula is C15H22FN. The fourth-order valence-corrected chi connectivity index (χ4v) is 2.97. The van der Waals surface area contributed by atoms with Gasteiger partial charge in [0.2, 0.25) is 0 Å². The lowest BCUT2D eigenvalue weighted by Gasteiger charge is -2.33. The minimum absolute atomic E-state index is 0.0599. The average Bonchev–Trinajstić information content (AvgIpc) is 2.61. The first-order valence-corrected chi connectivity index (χ1v) is 6.52. The second kappa shape index (κ2) is 4.77. The first kappa shape index (κ1) is 12.6. The third-order valence-electron chi connectivity index (χ3n) is 4.00. The Morgan fingerprint density at radius 3 is 2.76 bits per heavy atom. The van der Waals surface area contributed by atoms with Gasteiger partial charge in [-0.3, -0.25) is 0 Å². The lowest BCUT2D eigenvalue weighted by atomic mass is 9.73. The van der Waals surface area contributed by atoms with Crippen LogP contribution in [0.2, 0.25) is 0 Å². The second-order valence-electron chi connectivity index (χ2n) is 5.78. The molecule has 0 aliphatic carbocycles. The lowest BCUT2D eigenvalue weighted by molar-refractivity contribution is 0.335. The molecule has 0 amide bonds. The first-order valence-electron chi connectivity index (χ1n) is 6.52. The molecule has 1 fully saturated rings. The van der Waals surface area contributed by atoms with Gasteiger partial charge >= 0.3 is 0 Å². The summed E-state index contributed by atoms with van der Waals surface area (Å²) in [5.41, 5.74) is 0.811. The second-order valence-corrected chi connectivity index (χ2v) is 5.78. The molecule has 2 rings (SSSR count). The van der Waals surface area contributed by atoms with Gasteiger partial charge in [-0.15, -0.1) is 0 Å². The van der Waals surface area contributed by atoms with Crippen LogP contribution in [-0.4, -0.2) is 12.6 Å². The van der Waals surface area contributed by atoms with Gasteiger partial charge in [-0.2, -0.15) is 0 Å². The topological polar surface area (TPSA) is 12.0 Å². The van der Waals surface area contributed by atoms with Crippen LogP contribution in [0.1, 0.15) is 39.2 Å². The minimum Gasteiger partial charge on any atom is -0.313 e. The quantitative estimate of drug-likeness (QED) is 0.845. The molecule has 1 heterocycles. The highest BCUT2D eigenvalue weighted by Gasteiger charge is 2.41. The summed E-state index contributed by atoms with van der Waals surface area (Å²) in [6.45, 7) is 7.63. The molecule has 1 aromatic carbocycles. The molecule has 0 aromatic heterocycles. The van der Waals surface area contributed by atoms with E-state index in [1.807, 2.05) is 12.1 Å².